The van der Waals surface area contributed by atoms with Crippen molar-refractivity contribution >= 4 is 17.6 Å². The first-order valence-electron chi connectivity index (χ1n) is 6.29. The molecular weight excluding hydrogens is 252 g/mol. The monoisotopic (exact) mass is 270 g/mol. The molecule has 1 aromatic carbocycles. The number of aliphatic carboxylic acids is 1. The summed E-state index contributed by atoms with van der Waals surface area (Å²) in [6.45, 7) is 0.655. The predicted octanol–water partition coefficient (Wildman–Crippen LogP) is 4.14. The van der Waals surface area contributed by atoms with Crippen LogP contribution in [0.4, 0.5) is 0 Å². The van der Waals surface area contributed by atoms with Crippen molar-refractivity contribution in [3.05, 3.63) is 29.3 Å². The second-order valence-electron chi connectivity index (χ2n) is 4.19. The van der Waals surface area contributed by atoms with Gasteiger partial charge in [-0.1, -0.05) is 43.0 Å². The standard InChI is InChI=1S/C14H19ClO3/c15-12-8-5-6-9-13(12)18-11-7-3-1-2-4-10-14(16)17/h5-6,8-9H,1-4,7,10-11H2,(H,16,17). The van der Waals surface area contributed by atoms with Crippen LogP contribution in [0.25, 0.3) is 0 Å². The summed E-state index contributed by atoms with van der Waals surface area (Å²) in [5, 5.41) is 9.11. The molecule has 0 aliphatic carbocycles. The highest BCUT2D eigenvalue weighted by molar-refractivity contribution is 6.32. The van der Waals surface area contributed by atoms with E-state index in [-0.39, 0.29) is 6.42 Å². The zero-order valence-electron chi connectivity index (χ0n) is 10.4. The van der Waals surface area contributed by atoms with Crippen molar-refractivity contribution in [1.29, 1.82) is 0 Å². The number of carboxylic acids is 1. The number of para-hydroxylation sites is 1. The molecule has 0 radical (unpaired) electrons. The smallest absolute Gasteiger partial charge is 0.303 e. The molecule has 0 amide bonds. The summed E-state index contributed by atoms with van der Waals surface area (Å²) in [4.78, 5) is 10.3. The van der Waals surface area contributed by atoms with E-state index >= 15 is 0 Å². The van der Waals surface area contributed by atoms with Gasteiger partial charge in [-0.15, -0.1) is 0 Å². The fourth-order valence-electron chi connectivity index (χ4n) is 1.65. The topological polar surface area (TPSA) is 46.5 Å². The first-order valence-corrected chi connectivity index (χ1v) is 6.67. The predicted molar refractivity (Wildman–Crippen MR) is 72.3 cm³/mol. The Bertz CT molecular complexity index is 366. The molecule has 0 heterocycles. The molecule has 0 bridgehead atoms. The summed E-state index contributed by atoms with van der Waals surface area (Å²) in [5.41, 5.74) is 0. The minimum Gasteiger partial charge on any atom is -0.492 e. The van der Waals surface area contributed by atoms with Crippen molar-refractivity contribution in [1.82, 2.24) is 0 Å². The average Bonchev–Trinajstić information content (AvgIpc) is 2.34. The molecule has 0 aliphatic rings. The maximum Gasteiger partial charge on any atom is 0.303 e. The Morgan fingerprint density at radius 3 is 2.50 bits per heavy atom. The van der Waals surface area contributed by atoms with Gasteiger partial charge in [0, 0.05) is 6.42 Å². The van der Waals surface area contributed by atoms with E-state index in [1.54, 1.807) is 0 Å². The molecule has 3 nitrogen and oxygen atoms in total. The molecule has 1 rings (SSSR count). The fraction of sp³-hybridized carbons (Fsp3) is 0.500. The number of carboxylic acid groups (broad SMARTS) is 1. The van der Waals surface area contributed by atoms with Crippen LogP contribution in [0.15, 0.2) is 24.3 Å². The number of carbonyl (C=O) groups is 1. The van der Waals surface area contributed by atoms with Gasteiger partial charge in [-0.05, 0) is 25.0 Å². The van der Waals surface area contributed by atoms with E-state index in [2.05, 4.69) is 0 Å². The van der Waals surface area contributed by atoms with E-state index in [1.165, 1.54) is 0 Å². The van der Waals surface area contributed by atoms with E-state index in [0.29, 0.717) is 11.6 Å². The molecule has 1 N–H and O–H groups in total. The lowest BCUT2D eigenvalue weighted by Gasteiger charge is -2.07. The zero-order valence-corrected chi connectivity index (χ0v) is 11.2. The summed E-state index contributed by atoms with van der Waals surface area (Å²) < 4.78 is 5.56. The van der Waals surface area contributed by atoms with Crippen LogP contribution in [0.1, 0.15) is 38.5 Å². The van der Waals surface area contributed by atoms with E-state index < -0.39 is 5.97 Å². The Kier molecular flexibility index (Phi) is 7.26. The first-order chi connectivity index (χ1) is 8.70. The number of unbranched alkanes of at least 4 members (excludes halogenated alkanes) is 4. The van der Waals surface area contributed by atoms with Gasteiger partial charge in [0.2, 0.25) is 0 Å². The maximum absolute atomic E-state index is 10.3. The third-order valence-electron chi connectivity index (χ3n) is 2.63. The van der Waals surface area contributed by atoms with Crippen LogP contribution in [0.5, 0.6) is 5.75 Å². The summed E-state index contributed by atoms with van der Waals surface area (Å²) in [6, 6.07) is 7.43. The second kappa shape index (κ2) is 8.81. The zero-order chi connectivity index (χ0) is 13.2. The van der Waals surface area contributed by atoms with Gasteiger partial charge in [0.25, 0.3) is 0 Å². The van der Waals surface area contributed by atoms with Crippen molar-refractivity contribution < 1.29 is 14.6 Å². The number of benzene rings is 1. The number of rotatable bonds is 9. The molecule has 0 aromatic heterocycles. The second-order valence-corrected chi connectivity index (χ2v) is 4.60. The highest BCUT2D eigenvalue weighted by atomic mass is 35.5. The summed E-state index contributed by atoms with van der Waals surface area (Å²) >= 11 is 5.95. The molecule has 100 valence electrons. The highest BCUT2D eigenvalue weighted by Gasteiger charge is 1.99. The summed E-state index contributed by atoms with van der Waals surface area (Å²) in [6.07, 6.45) is 5.09. The van der Waals surface area contributed by atoms with Gasteiger partial charge >= 0.3 is 5.97 Å². The van der Waals surface area contributed by atoms with E-state index in [9.17, 15) is 4.79 Å². The Hall–Kier alpha value is -1.22. The van der Waals surface area contributed by atoms with Crippen molar-refractivity contribution in [3.63, 3.8) is 0 Å². The minimum absolute atomic E-state index is 0.274. The number of ether oxygens (including phenoxy) is 1. The van der Waals surface area contributed by atoms with Crippen molar-refractivity contribution in [3.8, 4) is 5.75 Å². The summed E-state index contributed by atoms with van der Waals surface area (Å²) in [5.74, 6) is 0.0158. The minimum atomic E-state index is -0.711. The first kappa shape index (κ1) is 14.8. The lowest BCUT2D eigenvalue weighted by molar-refractivity contribution is -0.137. The van der Waals surface area contributed by atoms with Crippen molar-refractivity contribution in [2.75, 3.05) is 6.61 Å². The van der Waals surface area contributed by atoms with Crippen LogP contribution in [-0.2, 0) is 4.79 Å². The molecular formula is C14H19ClO3. The molecule has 0 aliphatic heterocycles. The van der Waals surface area contributed by atoms with E-state index in [0.717, 1.165) is 37.9 Å². The van der Waals surface area contributed by atoms with Gasteiger partial charge in [0.1, 0.15) is 5.75 Å². The molecule has 4 heteroatoms. The number of hydrogen-bond acceptors (Lipinski definition) is 2. The van der Waals surface area contributed by atoms with Gasteiger partial charge in [-0.2, -0.15) is 0 Å². The Morgan fingerprint density at radius 2 is 1.78 bits per heavy atom. The molecule has 0 saturated carbocycles. The molecule has 1 aromatic rings. The van der Waals surface area contributed by atoms with Crippen LogP contribution < -0.4 is 4.74 Å². The largest absolute Gasteiger partial charge is 0.492 e. The molecule has 18 heavy (non-hydrogen) atoms. The normalized spacial score (nSPS) is 10.3. The van der Waals surface area contributed by atoms with Crippen LogP contribution in [0, 0.1) is 0 Å². The Morgan fingerprint density at radius 1 is 1.11 bits per heavy atom. The van der Waals surface area contributed by atoms with Crippen LogP contribution in [0.2, 0.25) is 5.02 Å². The van der Waals surface area contributed by atoms with Gasteiger partial charge in [0.05, 0.1) is 11.6 Å². The molecule has 0 spiro atoms. The van der Waals surface area contributed by atoms with Gasteiger partial charge in [-0.3, -0.25) is 4.79 Å². The molecule has 0 atom stereocenters. The van der Waals surface area contributed by atoms with Crippen molar-refractivity contribution in [2.24, 2.45) is 0 Å². The number of hydrogen-bond donors (Lipinski definition) is 1. The molecule has 0 saturated heterocycles. The third-order valence-corrected chi connectivity index (χ3v) is 2.94. The lowest BCUT2D eigenvalue weighted by Crippen LogP contribution is -1.98. The number of halogens is 1. The van der Waals surface area contributed by atoms with E-state index in [1.807, 2.05) is 24.3 Å². The van der Waals surface area contributed by atoms with Gasteiger partial charge < -0.3 is 9.84 Å². The third kappa shape index (κ3) is 6.50. The molecule has 0 fully saturated rings. The van der Waals surface area contributed by atoms with Crippen molar-refractivity contribution in [2.45, 2.75) is 38.5 Å². The molecule has 0 unspecified atom stereocenters. The average molecular weight is 271 g/mol. The quantitative estimate of drug-likeness (QED) is 0.686. The Balaban J connectivity index is 1.99. The van der Waals surface area contributed by atoms with Gasteiger partial charge in [-0.25, -0.2) is 0 Å². The summed E-state index contributed by atoms with van der Waals surface area (Å²) in [7, 11) is 0. The highest BCUT2D eigenvalue weighted by Crippen LogP contribution is 2.23. The van der Waals surface area contributed by atoms with Gasteiger partial charge in [0.15, 0.2) is 0 Å². The SMILES string of the molecule is O=C(O)CCCCCCCOc1ccccc1Cl. The van der Waals surface area contributed by atoms with E-state index in [4.69, 9.17) is 21.4 Å². The Labute approximate surface area is 113 Å². The van der Waals surface area contributed by atoms with Crippen LogP contribution >= 0.6 is 11.6 Å². The maximum atomic E-state index is 10.3. The fourth-order valence-corrected chi connectivity index (χ4v) is 1.84. The lowest BCUT2D eigenvalue weighted by atomic mass is 10.1. The van der Waals surface area contributed by atoms with Crippen LogP contribution in [0.3, 0.4) is 0 Å². The van der Waals surface area contributed by atoms with Crippen LogP contribution in [-0.4, -0.2) is 17.7 Å².